The summed E-state index contributed by atoms with van der Waals surface area (Å²) in [7, 11) is 0. The van der Waals surface area contributed by atoms with E-state index in [0.29, 0.717) is 18.4 Å². The van der Waals surface area contributed by atoms with Crippen molar-refractivity contribution in [3.63, 3.8) is 0 Å². The van der Waals surface area contributed by atoms with Gasteiger partial charge in [0.05, 0.1) is 5.03 Å². The van der Waals surface area contributed by atoms with Crippen LogP contribution < -0.4 is 5.32 Å². The largest absolute Gasteiger partial charge is 0.360 e. The number of rotatable bonds is 8. The highest BCUT2D eigenvalue weighted by Gasteiger charge is 2.25. The summed E-state index contributed by atoms with van der Waals surface area (Å²) in [5, 5.41) is 2.86. The molecule has 1 N–H and O–H groups in total. The number of benzene rings is 1. The smallest absolute Gasteiger partial charge is 0.205 e. The van der Waals surface area contributed by atoms with Gasteiger partial charge in [-0.25, -0.2) is 0 Å². The lowest BCUT2D eigenvalue weighted by molar-refractivity contribution is 0.404. The van der Waals surface area contributed by atoms with E-state index < -0.39 is 5.95 Å². The SMILES string of the molecule is C=C/C(=C\C(Cl)=C(/F)NCCC1=CC(C)(C)C1)Cc1ccccc1C. The topological polar surface area (TPSA) is 12.0 Å². The number of hydrogen-bond donors (Lipinski definition) is 1. The molecule has 0 aromatic heterocycles. The van der Waals surface area contributed by atoms with Crippen LogP contribution in [0.3, 0.4) is 0 Å². The molecule has 0 fully saturated rings. The molecule has 0 spiro atoms. The first-order valence-electron chi connectivity index (χ1n) is 8.68. The Morgan fingerprint density at radius 1 is 1.36 bits per heavy atom. The minimum absolute atomic E-state index is 0.0893. The minimum Gasteiger partial charge on any atom is -0.360 e. The molecule has 0 amide bonds. The summed E-state index contributed by atoms with van der Waals surface area (Å²) in [6.07, 6.45) is 8.25. The van der Waals surface area contributed by atoms with Gasteiger partial charge in [-0.15, -0.1) is 0 Å². The molecule has 0 unspecified atom stereocenters. The summed E-state index contributed by atoms with van der Waals surface area (Å²) < 4.78 is 14.2. The van der Waals surface area contributed by atoms with Crippen molar-refractivity contribution in [2.24, 2.45) is 5.41 Å². The van der Waals surface area contributed by atoms with E-state index in [1.807, 2.05) is 12.1 Å². The van der Waals surface area contributed by atoms with Crippen LogP contribution >= 0.6 is 11.6 Å². The lowest BCUT2D eigenvalue weighted by Crippen LogP contribution is -2.22. The molecule has 3 heteroatoms. The average Bonchev–Trinajstić information content (AvgIpc) is 2.54. The summed E-state index contributed by atoms with van der Waals surface area (Å²) in [4.78, 5) is 0. The lowest BCUT2D eigenvalue weighted by Gasteiger charge is -2.33. The molecule has 1 aromatic rings. The highest BCUT2D eigenvalue weighted by Crippen LogP contribution is 2.39. The fourth-order valence-electron chi connectivity index (χ4n) is 3.12. The molecular weight excluding hydrogens is 333 g/mol. The van der Waals surface area contributed by atoms with Crippen LogP contribution in [0.2, 0.25) is 0 Å². The first-order chi connectivity index (χ1) is 11.8. The van der Waals surface area contributed by atoms with Crippen LogP contribution in [0, 0.1) is 12.3 Å². The number of nitrogens with one attached hydrogen (secondary N) is 1. The van der Waals surface area contributed by atoms with Gasteiger partial charge >= 0.3 is 0 Å². The molecule has 1 aliphatic rings. The molecule has 1 aromatic carbocycles. The third-order valence-electron chi connectivity index (χ3n) is 4.44. The van der Waals surface area contributed by atoms with Gasteiger partial charge in [0, 0.05) is 6.54 Å². The van der Waals surface area contributed by atoms with Crippen LogP contribution in [0.25, 0.3) is 0 Å². The Morgan fingerprint density at radius 3 is 2.64 bits per heavy atom. The van der Waals surface area contributed by atoms with E-state index in [2.05, 4.69) is 50.9 Å². The molecule has 0 aliphatic heterocycles. The Labute approximate surface area is 156 Å². The maximum absolute atomic E-state index is 14.2. The van der Waals surface area contributed by atoms with Crippen molar-refractivity contribution in [1.82, 2.24) is 5.32 Å². The summed E-state index contributed by atoms with van der Waals surface area (Å²) in [6.45, 7) is 10.8. The fourth-order valence-corrected chi connectivity index (χ4v) is 3.33. The van der Waals surface area contributed by atoms with Gasteiger partial charge in [0.15, 0.2) is 0 Å². The zero-order valence-corrected chi connectivity index (χ0v) is 16.1. The Hall–Kier alpha value is -1.80. The normalized spacial score (nSPS) is 17.3. The van der Waals surface area contributed by atoms with Crippen molar-refractivity contribution in [1.29, 1.82) is 0 Å². The van der Waals surface area contributed by atoms with Gasteiger partial charge in [0.25, 0.3) is 0 Å². The Balaban J connectivity index is 1.95. The van der Waals surface area contributed by atoms with Crippen LogP contribution in [-0.4, -0.2) is 6.54 Å². The van der Waals surface area contributed by atoms with E-state index in [0.717, 1.165) is 18.4 Å². The van der Waals surface area contributed by atoms with Crippen molar-refractivity contribution in [2.75, 3.05) is 6.54 Å². The maximum atomic E-state index is 14.2. The van der Waals surface area contributed by atoms with Crippen molar-refractivity contribution >= 4 is 11.6 Å². The van der Waals surface area contributed by atoms with E-state index in [1.54, 1.807) is 12.2 Å². The summed E-state index contributed by atoms with van der Waals surface area (Å²) in [5.74, 6) is -0.481. The Morgan fingerprint density at radius 2 is 2.04 bits per heavy atom. The highest BCUT2D eigenvalue weighted by atomic mass is 35.5. The van der Waals surface area contributed by atoms with Crippen LogP contribution in [0.4, 0.5) is 4.39 Å². The second-order valence-corrected chi connectivity index (χ2v) is 7.74. The van der Waals surface area contributed by atoms with Crippen LogP contribution in [-0.2, 0) is 6.42 Å². The van der Waals surface area contributed by atoms with Crippen molar-refractivity contribution in [2.45, 2.75) is 40.0 Å². The first-order valence-corrected chi connectivity index (χ1v) is 9.06. The van der Waals surface area contributed by atoms with Crippen molar-refractivity contribution in [3.8, 4) is 0 Å². The van der Waals surface area contributed by atoms with E-state index in [4.69, 9.17) is 11.6 Å². The van der Waals surface area contributed by atoms with E-state index in [1.165, 1.54) is 16.7 Å². The molecular formula is C22H27ClFN. The first kappa shape index (κ1) is 19.5. The van der Waals surface area contributed by atoms with Gasteiger partial charge in [-0.05, 0) is 54.4 Å². The molecule has 0 saturated carbocycles. The van der Waals surface area contributed by atoms with Crippen LogP contribution in [0.15, 0.2) is 71.2 Å². The number of halogens is 2. The quantitative estimate of drug-likeness (QED) is 0.323. The van der Waals surface area contributed by atoms with E-state index >= 15 is 0 Å². The second kappa shape index (κ2) is 8.53. The summed E-state index contributed by atoms with van der Waals surface area (Å²) >= 11 is 6.12. The second-order valence-electron chi connectivity index (χ2n) is 7.33. The van der Waals surface area contributed by atoms with E-state index in [-0.39, 0.29) is 5.03 Å². The zero-order chi connectivity index (χ0) is 18.4. The third-order valence-corrected chi connectivity index (χ3v) is 4.72. The van der Waals surface area contributed by atoms with Gasteiger partial charge in [-0.2, -0.15) is 4.39 Å². The predicted molar refractivity (Wildman–Crippen MR) is 106 cm³/mol. The van der Waals surface area contributed by atoms with Crippen LogP contribution in [0.1, 0.15) is 37.8 Å². The molecule has 1 nitrogen and oxygen atoms in total. The molecule has 1 aliphatic carbocycles. The minimum atomic E-state index is -0.481. The third kappa shape index (κ3) is 5.89. The molecule has 0 bridgehead atoms. The highest BCUT2D eigenvalue weighted by molar-refractivity contribution is 6.31. The molecule has 0 heterocycles. The van der Waals surface area contributed by atoms with Crippen LogP contribution in [0.5, 0.6) is 0 Å². The van der Waals surface area contributed by atoms with E-state index in [9.17, 15) is 4.39 Å². The maximum Gasteiger partial charge on any atom is 0.205 e. The zero-order valence-electron chi connectivity index (χ0n) is 15.3. The Bertz CT molecular complexity index is 725. The number of aryl methyl sites for hydroxylation is 1. The average molecular weight is 360 g/mol. The molecule has 25 heavy (non-hydrogen) atoms. The standard InChI is InChI=1S/C22H27ClFN/c1-5-17(12-19-9-7-6-8-16(19)2)13-20(23)21(24)25-11-10-18-14-22(3,4)15-18/h5-9,13-14,25H,1,10-12,15H2,2-4H3/b17-13+,21-20-. The lowest BCUT2D eigenvalue weighted by atomic mass is 9.73. The summed E-state index contributed by atoms with van der Waals surface area (Å²) in [6, 6.07) is 8.13. The van der Waals surface area contributed by atoms with Crippen molar-refractivity contribution < 1.29 is 4.39 Å². The molecule has 2 rings (SSSR count). The van der Waals surface area contributed by atoms with Gasteiger partial charge in [0.2, 0.25) is 5.95 Å². The summed E-state index contributed by atoms with van der Waals surface area (Å²) in [5.41, 5.74) is 4.96. The monoisotopic (exact) mass is 359 g/mol. The van der Waals surface area contributed by atoms with Gasteiger partial charge in [-0.3, -0.25) is 0 Å². The van der Waals surface area contributed by atoms with Gasteiger partial charge in [0.1, 0.15) is 0 Å². The fraction of sp³-hybridized carbons (Fsp3) is 0.364. The molecule has 0 radical (unpaired) electrons. The molecule has 0 atom stereocenters. The Kier molecular flexibility index (Phi) is 6.66. The predicted octanol–water partition coefficient (Wildman–Crippen LogP) is 6.36. The number of allylic oxidation sites excluding steroid dienone is 5. The number of hydrogen-bond acceptors (Lipinski definition) is 1. The van der Waals surface area contributed by atoms with Gasteiger partial charge < -0.3 is 5.32 Å². The van der Waals surface area contributed by atoms with Crippen molar-refractivity contribution in [3.05, 3.63) is 82.3 Å². The molecule has 134 valence electrons. The molecule has 0 saturated heterocycles. The van der Waals surface area contributed by atoms with Gasteiger partial charge in [-0.1, -0.05) is 74.0 Å².